The monoisotopic (exact) mass is 418 g/mol. The predicted octanol–water partition coefficient (Wildman–Crippen LogP) is 2.58. The number of benzene rings is 2. The first-order valence-electron chi connectivity index (χ1n) is 9.69. The standard InChI is InChI=1S/C21H26N2O5S/c1-2-27-18-10-12-20(13-11-18)29(25,26)23(17-7-4-3-5-8-17)16-21(24)22-15-19-9-6-14-28-19/h3-5,7-8,10-13,19H,2,6,9,14-16H2,1H3,(H,22,24)/t19-/m1/s1. The van der Waals surface area contributed by atoms with Gasteiger partial charge in [0.05, 0.1) is 23.3 Å². The van der Waals surface area contributed by atoms with Gasteiger partial charge < -0.3 is 14.8 Å². The van der Waals surface area contributed by atoms with Crippen LogP contribution in [0.2, 0.25) is 0 Å². The molecule has 1 heterocycles. The molecule has 0 saturated carbocycles. The van der Waals surface area contributed by atoms with E-state index in [9.17, 15) is 13.2 Å². The molecule has 2 aromatic rings. The predicted molar refractivity (Wildman–Crippen MR) is 111 cm³/mol. The zero-order valence-corrected chi connectivity index (χ0v) is 17.2. The zero-order valence-electron chi connectivity index (χ0n) is 16.4. The normalized spacial score (nSPS) is 16.4. The van der Waals surface area contributed by atoms with Crippen LogP contribution in [0.1, 0.15) is 19.8 Å². The van der Waals surface area contributed by atoms with Crippen molar-refractivity contribution in [2.24, 2.45) is 0 Å². The van der Waals surface area contributed by atoms with E-state index in [1.807, 2.05) is 6.92 Å². The third kappa shape index (κ3) is 5.48. The molecule has 0 aliphatic carbocycles. The molecule has 1 aliphatic rings. The van der Waals surface area contributed by atoms with Gasteiger partial charge in [0.1, 0.15) is 12.3 Å². The molecule has 156 valence electrons. The minimum absolute atomic E-state index is 0.00755. The van der Waals surface area contributed by atoms with Gasteiger partial charge in [-0.05, 0) is 56.2 Å². The lowest BCUT2D eigenvalue weighted by Crippen LogP contribution is -2.42. The molecule has 3 rings (SSSR count). The molecular weight excluding hydrogens is 392 g/mol. The number of nitrogens with zero attached hydrogens (tertiary/aromatic N) is 1. The highest BCUT2D eigenvalue weighted by molar-refractivity contribution is 7.92. The van der Waals surface area contributed by atoms with E-state index in [1.165, 1.54) is 12.1 Å². The van der Waals surface area contributed by atoms with E-state index in [4.69, 9.17) is 9.47 Å². The third-order valence-corrected chi connectivity index (χ3v) is 6.39. The number of anilines is 1. The van der Waals surface area contributed by atoms with Crippen LogP contribution in [0, 0.1) is 0 Å². The first-order chi connectivity index (χ1) is 14.0. The minimum Gasteiger partial charge on any atom is -0.494 e. The Morgan fingerprint density at radius 3 is 2.52 bits per heavy atom. The molecule has 1 saturated heterocycles. The Labute approximate surface area is 171 Å². The van der Waals surface area contributed by atoms with Gasteiger partial charge >= 0.3 is 0 Å². The summed E-state index contributed by atoms with van der Waals surface area (Å²) in [5, 5.41) is 2.78. The number of hydrogen-bond acceptors (Lipinski definition) is 5. The first kappa shape index (κ1) is 21.1. The lowest BCUT2D eigenvalue weighted by atomic mass is 10.2. The molecule has 0 unspecified atom stereocenters. The number of nitrogens with one attached hydrogen (secondary N) is 1. The molecule has 0 spiro atoms. The van der Waals surface area contributed by atoms with Gasteiger partial charge in [-0.2, -0.15) is 0 Å². The smallest absolute Gasteiger partial charge is 0.264 e. The maximum Gasteiger partial charge on any atom is 0.264 e. The van der Waals surface area contributed by atoms with Gasteiger partial charge in [-0.15, -0.1) is 0 Å². The van der Waals surface area contributed by atoms with E-state index in [0.29, 0.717) is 31.2 Å². The maximum absolute atomic E-state index is 13.3. The van der Waals surface area contributed by atoms with Crippen LogP contribution in [0.25, 0.3) is 0 Å². The van der Waals surface area contributed by atoms with Crippen LogP contribution in [-0.4, -0.2) is 46.7 Å². The highest BCUT2D eigenvalue weighted by Crippen LogP contribution is 2.25. The maximum atomic E-state index is 13.3. The van der Waals surface area contributed by atoms with Crippen LogP contribution in [0.4, 0.5) is 5.69 Å². The molecule has 1 fully saturated rings. The van der Waals surface area contributed by atoms with E-state index < -0.39 is 10.0 Å². The van der Waals surface area contributed by atoms with E-state index in [1.54, 1.807) is 42.5 Å². The van der Waals surface area contributed by atoms with Crippen molar-refractivity contribution >= 4 is 21.6 Å². The van der Waals surface area contributed by atoms with Gasteiger partial charge in [0, 0.05) is 13.2 Å². The summed E-state index contributed by atoms with van der Waals surface area (Å²) in [7, 11) is -3.93. The molecule has 29 heavy (non-hydrogen) atoms. The van der Waals surface area contributed by atoms with Crippen molar-refractivity contribution < 1.29 is 22.7 Å². The quantitative estimate of drug-likeness (QED) is 0.677. The molecular formula is C21H26N2O5S. The minimum atomic E-state index is -3.93. The van der Waals surface area contributed by atoms with Crippen molar-refractivity contribution in [1.29, 1.82) is 0 Å². The fourth-order valence-electron chi connectivity index (χ4n) is 3.13. The van der Waals surface area contributed by atoms with Crippen molar-refractivity contribution in [1.82, 2.24) is 5.32 Å². The topological polar surface area (TPSA) is 84.9 Å². The number of hydrogen-bond donors (Lipinski definition) is 1. The molecule has 7 nitrogen and oxygen atoms in total. The number of para-hydroxylation sites is 1. The summed E-state index contributed by atoms with van der Waals surface area (Å²) in [6.45, 7) is 3.11. The van der Waals surface area contributed by atoms with Crippen LogP contribution in [0.3, 0.4) is 0 Å². The summed E-state index contributed by atoms with van der Waals surface area (Å²) < 4.78 is 38.6. The Kier molecular flexibility index (Phi) is 7.11. The van der Waals surface area contributed by atoms with E-state index in [2.05, 4.69) is 5.32 Å². The average molecular weight is 419 g/mol. The number of carbonyl (C=O) groups is 1. The van der Waals surface area contributed by atoms with Crippen LogP contribution in [0.15, 0.2) is 59.5 Å². The summed E-state index contributed by atoms with van der Waals surface area (Å²) in [4.78, 5) is 12.6. The Morgan fingerprint density at radius 1 is 1.17 bits per heavy atom. The summed E-state index contributed by atoms with van der Waals surface area (Å²) in [6.07, 6.45) is 1.86. The summed E-state index contributed by atoms with van der Waals surface area (Å²) in [6, 6.07) is 14.8. The number of sulfonamides is 1. The molecule has 1 N–H and O–H groups in total. The van der Waals surface area contributed by atoms with Crippen molar-refractivity contribution in [3.63, 3.8) is 0 Å². The van der Waals surface area contributed by atoms with Crippen LogP contribution in [-0.2, 0) is 19.6 Å². The Bertz CT molecular complexity index is 894. The largest absolute Gasteiger partial charge is 0.494 e. The fourth-order valence-corrected chi connectivity index (χ4v) is 4.55. The molecule has 0 radical (unpaired) electrons. The lowest BCUT2D eigenvalue weighted by molar-refractivity contribution is -0.120. The Balaban J connectivity index is 1.79. The first-order valence-corrected chi connectivity index (χ1v) is 11.1. The molecule has 1 atom stereocenters. The summed E-state index contributed by atoms with van der Waals surface area (Å²) in [5.41, 5.74) is 0.425. The van der Waals surface area contributed by atoms with Gasteiger partial charge in [0.2, 0.25) is 5.91 Å². The van der Waals surface area contributed by atoms with Crippen LogP contribution < -0.4 is 14.4 Å². The van der Waals surface area contributed by atoms with Gasteiger partial charge in [-0.25, -0.2) is 8.42 Å². The molecule has 0 bridgehead atoms. The number of rotatable bonds is 9. The van der Waals surface area contributed by atoms with Gasteiger partial charge in [0.15, 0.2) is 0 Å². The van der Waals surface area contributed by atoms with Gasteiger partial charge in [-0.1, -0.05) is 18.2 Å². The molecule has 8 heteroatoms. The van der Waals surface area contributed by atoms with Crippen molar-refractivity contribution in [2.45, 2.75) is 30.8 Å². The van der Waals surface area contributed by atoms with Gasteiger partial charge in [0.25, 0.3) is 10.0 Å². The average Bonchev–Trinajstić information content (AvgIpc) is 3.25. The molecule has 2 aromatic carbocycles. The van der Waals surface area contributed by atoms with E-state index in [0.717, 1.165) is 17.1 Å². The highest BCUT2D eigenvalue weighted by Gasteiger charge is 2.27. The van der Waals surface area contributed by atoms with Crippen molar-refractivity contribution in [2.75, 3.05) is 30.6 Å². The Morgan fingerprint density at radius 2 is 1.90 bits per heavy atom. The fraction of sp³-hybridized carbons (Fsp3) is 0.381. The second kappa shape index (κ2) is 9.76. The molecule has 1 amide bonds. The van der Waals surface area contributed by atoms with Crippen molar-refractivity contribution in [3.8, 4) is 5.75 Å². The SMILES string of the molecule is CCOc1ccc(S(=O)(=O)N(CC(=O)NC[C@H]2CCCO2)c2ccccc2)cc1. The second-order valence-electron chi connectivity index (χ2n) is 6.69. The number of carbonyl (C=O) groups excluding carboxylic acids is 1. The third-order valence-electron chi connectivity index (χ3n) is 4.61. The van der Waals surface area contributed by atoms with Crippen LogP contribution in [0.5, 0.6) is 5.75 Å². The second-order valence-corrected chi connectivity index (χ2v) is 8.55. The zero-order chi connectivity index (χ0) is 20.7. The number of ether oxygens (including phenoxy) is 2. The van der Waals surface area contributed by atoms with E-state index in [-0.39, 0.29) is 23.5 Å². The summed E-state index contributed by atoms with van der Waals surface area (Å²) >= 11 is 0. The van der Waals surface area contributed by atoms with Gasteiger partial charge in [-0.3, -0.25) is 9.10 Å². The molecule has 0 aromatic heterocycles. The lowest BCUT2D eigenvalue weighted by Gasteiger charge is -2.24. The highest BCUT2D eigenvalue weighted by atomic mass is 32.2. The number of amides is 1. The summed E-state index contributed by atoms with van der Waals surface area (Å²) in [5.74, 6) is 0.214. The molecule has 1 aliphatic heterocycles. The van der Waals surface area contributed by atoms with Crippen LogP contribution >= 0.6 is 0 Å². The Hall–Kier alpha value is -2.58. The van der Waals surface area contributed by atoms with Crippen molar-refractivity contribution in [3.05, 3.63) is 54.6 Å². The van der Waals surface area contributed by atoms with E-state index >= 15 is 0 Å².